The molecule has 202 valence electrons. The van der Waals surface area contributed by atoms with E-state index < -0.39 is 0 Å². The fourth-order valence-corrected chi connectivity index (χ4v) is 7.12. The molecule has 5 nitrogen and oxygen atoms in total. The number of hydrogen-bond acceptors (Lipinski definition) is 3. The Morgan fingerprint density at radius 3 is 2.76 bits per heavy atom. The van der Waals surface area contributed by atoms with Crippen molar-refractivity contribution < 1.29 is 14.3 Å². The Bertz CT molecular complexity index is 1310. The zero-order valence-electron chi connectivity index (χ0n) is 22.7. The number of carbonyl (C=O) groups excluding carboxylic acids is 1. The maximum absolute atomic E-state index is 13.4. The van der Waals surface area contributed by atoms with Gasteiger partial charge in [0.2, 0.25) is 5.91 Å². The molecule has 2 saturated heterocycles. The Hall–Kier alpha value is -2.50. The second-order valence-electron chi connectivity index (χ2n) is 12.4. The fourth-order valence-electron chi connectivity index (χ4n) is 6.99. The van der Waals surface area contributed by atoms with Crippen molar-refractivity contribution in [3.05, 3.63) is 66.4 Å². The first-order chi connectivity index (χ1) is 18.2. The van der Waals surface area contributed by atoms with Gasteiger partial charge in [-0.1, -0.05) is 36.4 Å². The zero-order chi connectivity index (χ0) is 26.5. The van der Waals surface area contributed by atoms with Gasteiger partial charge in [-0.25, -0.2) is 0 Å². The van der Waals surface area contributed by atoms with Gasteiger partial charge in [0.1, 0.15) is 17.9 Å². The van der Waals surface area contributed by atoms with Crippen LogP contribution in [0.1, 0.15) is 64.5 Å². The molecule has 0 aliphatic carbocycles. The standard InChI is InChI=1S/C32H39ClN2O3/c1-31(2,33)15-8-16-32(3)25-19-23-20-35(29(36)21-34-17-13-22-9-4-6-11-26(22)34)18-14-27(23)37-30(25)24-10-5-7-12-28(24)38-32/h4-7,9-13,17,23,25,27,30H,8,14-16,18-21H2,1-3H3/t23-,25-,27-,30+,32+/m0/s1. The molecule has 0 unspecified atom stereocenters. The van der Waals surface area contributed by atoms with Gasteiger partial charge in [0.05, 0.1) is 12.2 Å². The van der Waals surface area contributed by atoms with Crippen LogP contribution in [-0.2, 0) is 16.1 Å². The monoisotopic (exact) mass is 534 g/mol. The molecule has 38 heavy (non-hydrogen) atoms. The van der Waals surface area contributed by atoms with Crippen molar-refractivity contribution in [2.45, 2.75) is 82.1 Å². The number of alkyl halides is 1. The summed E-state index contributed by atoms with van der Waals surface area (Å²) in [6.45, 7) is 8.29. The van der Waals surface area contributed by atoms with Crippen LogP contribution in [0.2, 0.25) is 0 Å². The molecule has 4 heterocycles. The van der Waals surface area contributed by atoms with E-state index in [1.807, 2.05) is 24.4 Å². The molecule has 0 N–H and O–H groups in total. The molecule has 1 amide bonds. The number of aromatic nitrogens is 1. The van der Waals surface area contributed by atoms with Crippen molar-refractivity contribution in [2.75, 3.05) is 13.1 Å². The minimum Gasteiger partial charge on any atom is -0.487 e. The molecule has 6 rings (SSSR count). The number of benzene rings is 2. The van der Waals surface area contributed by atoms with Crippen molar-refractivity contribution in [2.24, 2.45) is 11.8 Å². The van der Waals surface area contributed by atoms with Crippen molar-refractivity contribution >= 4 is 28.4 Å². The maximum atomic E-state index is 13.4. The van der Waals surface area contributed by atoms with Crippen LogP contribution in [0, 0.1) is 11.8 Å². The first kappa shape index (κ1) is 25.8. The zero-order valence-corrected chi connectivity index (χ0v) is 23.5. The highest BCUT2D eigenvalue weighted by atomic mass is 35.5. The molecular formula is C32H39ClN2O3. The average molecular weight is 535 g/mol. The summed E-state index contributed by atoms with van der Waals surface area (Å²) in [6, 6.07) is 18.7. The quantitative estimate of drug-likeness (QED) is 0.320. The first-order valence-corrected chi connectivity index (χ1v) is 14.5. The second-order valence-corrected chi connectivity index (χ2v) is 13.4. The molecular weight excluding hydrogens is 496 g/mol. The molecule has 2 aromatic carbocycles. The minimum atomic E-state index is -0.331. The summed E-state index contributed by atoms with van der Waals surface area (Å²) < 4.78 is 15.7. The van der Waals surface area contributed by atoms with Gasteiger partial charge in [-0.15, -0.1) is 11.6 Å². The smallest absolute Gasteiger partial charge is 0.242 e. The molecule has 5 atom stereocenters. The molecule has 0 bridgehead atoms. The molecule has 2 fully saturated rings. The van der Waals surface area contributed by atoms with E-state index in [0.717, 1.165) is 56.5 Å². The summed E-state index contributed by atoms with van der Waals surface area (Å²) in [5, 5.41) is 1.17. The minimum absolute atomic E-state index is 0.0312. The van der Waals surface area contributed by atoms with Crippen LogP contribution in [0.4, 0.5) is 0 Å². The van der Waals surface area contributed by atoms with Gasteiger partial charge < -0.3 is 18.9 Å². The van der Waals surface area contributed by atoms with Crippen LogP contribution in [-0.4, -0.2) is 45.0 Å². The van der Waals surface area contributed by atoms with Crippen molar-refractivity contribution in [1.29, 1.82) is 0 Å². The lowest BCUT2D eigenvalue weighted by Crippen LogP contribution is -2.57. The van der Waals surface area contributed by atoms with Crippen LogP contribution in [0.15, 0.2) is 60.8 Å². The van der Waals surface area contributed by atoms with Gasteiger partial charge in [-0.3, -0.25) is 4.79 Å². The summed E-state index contributed by atoms with van der Waals surface area (Å²) in [5.74, 6) is 1.68. The number of likely N-dealkylation sites (tertiary alicyclic amines) is 1. The maximum Gasteiger partial charge on any atom is 0.242 e. The summed E-state index contributed by atoms with van der Waals surface area (Å²) in [4.78, 5) is 15.3. The van der Waals surface area contributed by atoms with E-state index in [0.29, 0.717) is 12.5 Å². The third kappa shape index (κ3) is 4.96. The number of halogens is 1. The van der Waals surface area contributed by atoms with Crippen LogP contribution >= 0.6 is 11.6 Å². The Morgan fingerprint density at radius 1 is 1.13 bits per heavy atom. The number of piperidine rings is 1. The Labute approximate surface area is 231 Å². The predicted octanol–water partition coefficient (Wildman–Crippen LogP) is 6.98. The number of hydrogen-bond donors (Lipinski definition) is 0. The highest BCUT2D eigenvalue weighted by Gasteiger charge is 2.53. The molecule has 3 aromatic rings. The van der Waals surface area contributed by atoms with Gasteiger partial charge in [0, 0.05) is 47.1 Å². The van der Waals surface area contributed by atoms with E-state index in [1.54, 1.807) is 0 Å². The second kappa shape index (κ2) is 9.91. The Morgan fingerprint density at radius 2 is 1.92 bits per heavy atom. The number of rotatable bonds is 6. The molecule has 3 aliphatic rings. The van der Waals surface area contributed by atoms with Gasteiger partial charge in [0.25, 0.3) is 0 Å². The van der Waals surface area contributed by atoms with Crippen LogP contribution in [0.3, 0.4) is 0 Å². The van der Waals surface area contributed by atoms with E-state index in [2.05, 4.69) is 66.6 Å². The first-order valence-electron chi connectivity index (χ1n) is 14.1. The molecule has 6 heteroatoms. The molecule has 3 aliphatic heterocycles. The third-order valence-corrected chi connectivity index (χ3v) is 9.23. The molecule has 1 aromatic heterocycles. The number of para-hydroxylation sites is 2. The van der Waals surface area contributed by atoms with Crippen molar-refractivity contribution in [3.63, 3.8) is 0 Å². The summed E-state index contributed by atoms with van der Waals surface area (Å²) >= 11 is 6.53. The largest absolute Gasteiger partial charge is 0.487 e. The normalized spacial score (nSPS) is 28.8. The number of ether oxygens (including phenoxy) is 2. The van der Waals surface area contributed by atoms with Gasteiger partial charge >= 0.3 is 0 Å². The SMILES string of the molecule is CC(C)(Cl)CCC[C@@]1(C)Oc2ccccc2[C@H]2O[C@H]3CCN(C(=O)Cn4ccc5ccccc54)C[C@@H]3C[C@@H]21. The Kier molecular flexibility index (Phi) is 6.72. The number of amides is 1. The van der Waals surface area contributed by atoms with E-state index in [1.165, 1.54) is 10.9 Å². The molecule has 0 spiro atoms. The predicted molar refractivity (Wildman–Crippen MR) is 152 cm³/mol. The van der Waals surface area contributed by atoms with E-state index in [9.17, 15) is 4.79 Å². The third-order valence-electron chi connectivity index (χ3n) is 9.04. The topological polar surface area (TPSA) is 43.7 Å². The van der Waals surface area contributed by atoms with E-state index in [4.69, 9.17) is 21.1 Å². The van der Waals surface area contributed by atoms with Gasteiger partial charge in [-0.2, -0.15) is 0 Å². The lowest BCUT2D eigenvalue weighted by atomic mass is 9.68. The summed E-state index contributed by atoms with van der Waals surface area (Å²) in [6.07, 6.45) is 6.98. The van der Waals surface area contributed by atoms with Gasteiger partial charge in [-0.05, 0) is 76.5 Å². The molecule has 0 saturated carbocycles. The highest BCUT2D eigenvalue weighted by molar-refractivity contribution is 6.23. The van der Waals surface area contributed by atoms with Crippen molar-refractivity contribution in [1.82, 2.24) is 9.47 Å². The number of carbonyl (C=O) groups is 1. The summed E-state index contributed by atoms with van der Waals surface area (Å²) in [7, 11) is 0. The molecule has 0 radical (unpaired) electrons. The average Bonchev–Trinajstić information content (AvgIpc) is 3.29. The van der Waals surface area contributed by atoms with Crippen molar-refractivity contribution in [3.8, 4) is 5.75 Å². The number of nitrogens with zero attached hydrogens (tertiary/aromatic N) is 2. The van der Waals surface area contributed by atoms with Crippen LogP contribution in [0.25, 0.3) is 10.9 Å². The van der Waals surface area contributed by atoms with Gasteiger partial charge in [0.15, 0.2) is 0 Å². The fraction of sp³-hybridized carbons (Fsp3) is 0.531. The summed E-state index contributed by atoms with van der Waals surface area (Å²) in [5.41, 5.74) is 1.94. The highest BCUT2D eigenvalue weighted by Crippen LogP contribution is 2.54. The van der Waals surface area contributed by atoms with Crippen LogP contribution in [0.5, 0.6) is 5.75 Å². The lowest BCUT2D eigenvalue weighted by Gasteiger charge is -2.54. The van der Waals surface area contributed by atoms with E-state index >= 15 is 0 Å². The van der Waals surface area contributed by atoms with Crippen LogP contribution < -0.4 is 4.74 Å². The Balaban J connectivity index is 1.19. The number of fused-ring (bicyclic) bond motifs is 5. The lowest BCUT2D eigenvalue weighted by molar-refractivity contribution is -0.193. The van der Waals surface area contributed by atoms with E-state index in [-0.39, 0.29) is 34.5 Å².